The molecule has 1 aromatic carbocycles. The van der Waals surface area contributed by atoms with E-state index in [2.05, 4.69) is 6.42 Å². The topological polar surface area (TPSA) is 66.2 Å². The number of benzene rings is 1. The SMILES string of the molecule is O=[N+]([O-])c1ccc([O-])cc1.[CH-]1CCCC1.[Ti]. The van der Waals surface area contributed by atoms with Crippen molar-refractivity contribution in [2.45, 2.75) is 25.7 Å². The first-order chi connectivity index (χ1) is 7.20. The van der Waals surface area contributed by atoms with Crippen molar-refractivity contribution in [2.75, 3.05) is 0 Å². The molecule has 2 rings (SSSR count). The van der Waals surface area contributed by atoms with Crippen molar-refractivity contribution in [3.05, 3.63) is 40.8 Å². The van der Waals surface area contributed by atoms with E-state index in [-0.39, 0.29) is 33.2 Å². The first-order valence-electron chi connectivity index (χ1n) is 4.93. The van der Waals surface area contributed by atoms with Gasteiger partial charge in [0.25, 0.3) is 5.69 Å². The third-order valence-electron chi connectivity index (χ3n) is 2.11. The standard InChI is InChI=1S/C6H5NO3.C5H9.Ti/c8-6-3-1-5(2-4-6)7(9)10;1-2-4-5-3-1;/h1-4,8H;1H,2-5H2;/q;-1;/p-1. The van der Waals surface area contributed by atoms with Crippen molar-refractivity contribution in [2.24, 2.45) is 0 Å². The Morgan fingerprint density at radius 1 is 1.12 bits per heavy atom. The van der Waals surface area contributed by atoms with Gasteiger partial charge in [-0.15, -0.1) is 5.75 Å². The molecular weight excluding hydrogens is 242 g/mol. The first-order valence-corrected chi connectivity index (χ1v) is 4.93. The summed E-state index contributed by atoms with van der Waals surface area (Å²) in [6.45, 7) is 0. The molecule has 1 aliphatic rings. The maximum absolute atomic E-state index is 10.4. The minimum atomic E-state index is -0.542. The number of nitro benzene ring substituents is 1. The number of nitro groups is 1. The summed E-state index contributed by atoms with van der Waals surface area (Å²) in [6.07, 6.45) is 8.00. The fraction of sp³-hybridized carbons (Fsp3) is 0.364. The Labute approximate surface area is 110 Å². The van der Waals surface area contributed by atoms with Crippen molar-refractivity contribution in [1.29, 1.82) is 0 Å². The predicted octanol–water partition coefficient (Wildman–Crippen LogP) is 2.43. The minimum absolute atomic E-state index is 0. The fourth-order valence-corrected chi connectivity index (χ4v) is 1.29. The molecule has 0 radical (unpaired) electrons. The average molecular weight is 255 g/mol. The molecule has 4 nitrogen and oxygen atoms in total. The van der Waals surface area contributed by atoms with Crippen molar-refractivity contribution < 1.29 is 31.7 Å². The molecule has 1 aromatic rings. The number of hydrogen-bond acceptors (Lipinski definition) is 3. The van der Waals surface area contributed by atoms with E-state index in [9.17, 15) is 15.2 Å². The molecule has 0 heterocycles. The zero-order valence-electron chi connectivity index (χ0n) is 8.89. The zero-order valence-corrected chi connectivity index (χ0v) is 10.4. The van der Waals surface area contributed by atoms with Gasteiger partial charge in [0.1, 0.15) is 0 Å². The minimum Gasteiger partial charge on any atom is -0.872 e. The van der Waals surface area contributed by atoms with Gasteiger partial charge in [-0.1, -0.05) is 25.0 Å². The number of hydrogen-bond donors (Lipinski definition) is 0. The molecule has 0 bridgehead atoms. The Bertz CT molecular complexity index is 302. The molecule has 0 aliphatic heterocycles. The molecule has 0 spiro atoms. The molecule has 0 aromatic heterocycles. The van der Waals surface area contributed by atoms with Crippen molar-refractivity contribution in [3.63, 3.8) is 0 Å². The molecule has 0 amide bonds. The molecule has 1 fully saturated rings. The van der Waals surface area contributed by atoms with Crippen LogP contribution < -0.4 is 5.11 Å². The average Bonchev–Trinajstić information content (AvgIpc) is 2.76. The van der Waals surface area contributed by atoms with Crippen LogP contribution in [0.1, 0.15) is 25.7 Å². The Kier molecular flexibility index (Phi) is 7.86. The molecule has 5 heteroatoms. The summed E-state index contributed by atoms with van der Waals surface area (Å²) < 4.78 is 0. The van der Waals surface area contributed by atoms with E-state index in [0.29, 0.717) is 0 Å². The van der Waals surface area contributed by atoms with Crippen LogP contribution in [0.15, 0.2) is 24.3 Å². The van der Waals surface area contributed by atoms with Crippen LogP contribution in [0.2, 0.25) is 0 Å². The monoisotopic (exact) mass is 255 g/mol. The second-order valence-electron chi connectivity index (χ2n) is 3.32. The van der Waals surface area contributed by atoms with Gasteiger partial charge in [0, 0.05) is 33.9 Å². The zero-order chi connectivity index (χ0) is 11.1. The summed E-state index contributed by atoms with van der Waals surface area (Å²) in [6, 6.07) is 4.70. The van der Waals surface area contributed by atoms with Gasteiger partial charge in [0.05, 0.1) is 4.92 Å². The van der Waals surface area contributed by atoms with Crippen LogP contribution in [-0.2, 0) is 21.7 Å². The molecule has 0 N–H and O–H groups in total. The van der Waals surface area contributed by atoms with E-state index in [1.165, 1.54) is 37.8 Å². The summed E-state index contributed by atoms with van der Waals surface area (Å²) >= 11 is 0. The molecular formula is C11H13NO3Ti-2. The van der Waals surface area contributed by atoms with Crippen LogP contribution in [0.25, 0.3) is 0 Å². The largest absolute Gasteiger partial charge is 0.872 e. The van der Waals surface area contributed by atoms with E-state index in [1.807, 2.05) is 0 Å². The Morgan fingerprint density at radius 2 is 1.62 bits per heavy atom. The van der Waals surface area contributed by atoms with Gasteiger partial charge in [-0.2, -0.15) is 12.8 Å². The van der Waals surface area contributed by atoms with E-state index in [0.717, 1.165) is 12.1 Å². The van der Waals surface area contributed by atoms with Crippen LogP contribution in [-0.4, -0.2) is 4.92 Å². The summed E-state index contributed by atoms with van der Waals surface area (Å²) in [5.41, 5.74) is -0.0559. The normalized spacial score (nSPS) is 13.2. The molecule has 1 aliphatic carbocycles. The van der Waals surface area contributed by atoms with Gasteiger partial charge < -0.3 is 11.5 Å². The molecule has 16 heavy (non-hydrogen) atoms. The molecule has 0 unspecified atom stereocenters. The summed E-state index contributed by atoms with van der Waals surface area (Å²) in [5.74, 6) is -0.217. The van der Waals surface area contributed by atoms with Crippen LogP contribution in [0.4, 0.5) is 5.69 Å². The quantitative estimate of drug-likeness (QED) is 0.335. The van der Waals surface area contributed by atoms with Gasteiger partial charge in [-0.05, 0) is 0 Å². The first kappa shape index (κ1) is 15.1. The predicted molar refractivity (Wildman–Crippen MR) is 55.3 cm³/mol. The van der Waals surface area contributed by atoms with E-state index >= 15 is 0 Å². The fourth-order valence-electron chi connectivity index (χ4n) is 1.29. The smallest absolute Gasteiger partial charge is 0.269 e. The van der Waals surface area contributed by atoms with Crippen molar-refractivity contribution >= 4 is 5.69 Å². The number of nitrogens with zero attached hydrogens (tertiary/aromatic N) is 1. The van der Waals surface area contributed by atoms with Gasteiger partial charge in [0.15, 0.2) is 0 Å². The van der Waals surface area contributed by atoms with Crippen molar-refractivity contribution in [1.82, 2.24) is 0 Å². The summed E-state index contributed by atoms with van der Waals surface area (Å²) in [4.78, 5) is 9.47. The van der Waals surface area contributed by atoms with E-state index in [1.54, 1.807) is 0 Å². The third-order valence-corrected chi connectivity index (χ3v) is 2.11. The molecule has 0 atom stereocenters. The van der Waals surface area contributed by atoms with E-state index < -0.39 is 4.92 Å². The van der Waals surface area contributed by atoms with Gasteiger partial charge in [0.2, 0.25) is 0 Å². The maximum Gasteiger partial charge on any atom is 0.269 e. The Morgan fingerprint density at radius 3 is 1.94 bits per heavy atom. The van der Waals surface area contributed by atoms with Crippen LogP contribution >= 0.6 is 0 Å². The van der Waals surface area contributed by atoms with Crippen LogP contribution in [0, 0.1) is 16.5 Å². The number of non-ortho nitro benzene ring substituents is 1. The Balaban J connectivity index is 0.000000318. The second-order valence-corrected chi connectivity index (χ2v) is 3.32. The maximum atomic E-state index is 10.4. The Hall–Kier alpha value is -0.866. The van der Waals surface area contributed by atoms with E-state index in [4.69, 9.17) is 0 Å². The summed E-state index contributed by atoms with van der Waals surface area (Å²) in [5, 5.41) is 20.4. The third kappa shape index (κ3) is 5.88. The van der Waals surface area contributed by atoms with Crippen molar-refractivity contribution in [3.8, 4) is 5.75 Å². The van der Waals surface area contributed by atoms with Crippen LogP contribution in [0.3, 0.4) is 0 Å². The van der Waals surface area contributed by atoms with Gasteiger partial charge in [-0.3, -0.25) is 10.1 Å². The van der Waals surface area contributed by atoms with Crippen LogP contribution in [0.5, 0.6) is 5.75 Å². The molecule has 1 saturated carbocycles. The second kappa shape index (κ2) is 8.31. The van der Waals surface area contributed by atoms with Gasteiger partial charge in [-0.25, -0.2) is 0 Å². The molecule has 0 saturated heterocycles. The van der Waals surface area contributed by atoms with Gasteiger partial charge >= 0.3 is 0 Å². The summed E-state index contributed by atoms with van der Waals surface area (Å²) in [7, 11) is 0. The molecule has 86 valence electrons. The number of rotatable bonds is 1.